The number of rotatable bonds is 2. The van der Waals surface area contributed by atoms with Crippen LogP contribution >= 0.6 is 0 Å². The monoisotopic (exact) mass is 305 g/mol. The highest BCUT2D eigenvalue weighted by Gasteiger charge is 2.32. The van der Waals surface area contributed by atoms with Crippen molar-refractivity contribution < 1.29 is 18.0 Å². The molecule has 3 rings (SSSR count). The zero-order chi connectivity index (χ0) is 15.7. The summed E-state index contributed by atoms with van der Waals surface area (Å²) in [6.07, 6.45) is -4.39. The van der Waals surface area contributed by atoms with E-state index in [2.05, 4.69) is 0 Å². The summed E-state index contributed by atoms with van der Waals surface area (Å²) in [6, 6.07) is 12.9. The second kappa shape index (κ2) is 5.57. The molecule has 1 heterocycles. The Morgan fingerprint density at radius 3 is 2.41 bits per heavy atom. The van der Waals surface area contributed by atoms with Gasteiger partial charge < -0.3 is 0 Å². The van der Waals surface area contributed by atoms with Crippen LogP contribution in [0.4, 0.5) is 13.2 Å². The molecule has 0 aromatic heterocycles. The van der Waals surface area contributed by atoms with Crippen molar-refractivity contribution in [3.05, 3.63) is 70.8 Å². The van der Waals surface area contributed by atoms with Crippen molar-refractivity contribution in [1.29, 1.82) is 0 Å². The van der Waals surface area contributed by atoms with Crippen molar-refractivity contribution in [3.8, 4) is 0 Å². The van der Waals surface area contributed by atoms with E-state index in [-0.39, 0.29) is 12.3 Å². The van der Waals surface area contributed by atoms with Crippen molar-refractivity contribution >= 4 is 5.78 Å². The van der Waals surface area contributed by atoms with E-state index in [1.807, 2.05) is 35.2 Å². The third-order valence-electron chi connectivity index (χ3n) is 3.74. The van der Waals surface area contributed by atoms with Crippen LogP contribution in [-0.4, -0.2) is 17.2 Å². The summed E-state index contributed by atoms with van der Waals surface area (Å²) in [7, 11) is 0. The van der Waals surface area contributed by atoms with Gasteiger partial charge in [0.05, 0.1) is 12.1 Å². The van der Waals surface area contributed by atoms with Gasteiger partial charge >= 0.3 is 6.18 Å². The molecule has 0 spiro atoms. The van der Waals surface area contributed by atoms with Crippen LogP contribution in [0.1, 0.15) is 27.0 Å². The van der Waals surface area contributed by atoms with Crippen LogP contribution in [0.15, 0.2) is 48.5 Å². The summed E-state index contributed by atoms with van der Waals surface area (Å²) in [4.78, 5) is 14.0. The maximum atomic E-state index is 12.8. The zero-order valence-corrected chi connectivity index (χ0v) is 11.7. The lowest BCUT2D eigenvalue weighted by molar-refractivity contribution is -0.137. The van der Waals surface area contributed by atoms with E-state index < -0.39 is 11.7 Å². The Labute approximate surface area is 126 Å². The summed E-state index contributed by atoms with van der Waals surface area (Å²) in [6.45, 7) is 1.12. The molecule has 0 aliphatic carbocycles. The number of ketones is 1. The standard InChI is InChI=1S/C17H14F3NO/c18-17(19,20)14-6-7-15-13(8-14)10-21(11-16(15)22)9-12-4-2-1-3-5-12/h1-8H,9-11H2. The van der Waals surface area contributed by atoms with Gasteiger partial charge in [0.2, 0.25) is 0 Å². The molecule has 0 bridgehead atoms. The number of carbonyl (C=O) groups excluding carboxylic acids is 1. The lowest BCUT2D eigenvalue weighted by Crippen LogP contribution is -2.34. The third-order valence-corrected chi connectivity index (χ3v) is 3.74. The number of carbonyl (C=O) groups is 1. The van der Waals surface area contributed by atoms with Crippen LogP contribution in [0.3, 0.4) is 0 Å². The van der Waals surface area contributed by atoms with Gasteiger partial charge in [-0.15, -0.1) is 0 Å². The summed E-state index contributed by atoms with van der Waals surface area (Å²) >= 11 is 0. The molecule has 0 fully saturated rings. The molecule has 0 unspecified atom stereocenters. The van der Waals surface area contributed by atoms with Crippen molar-refractivity contribution in [3.63, 3.8) is 0 Å². The van der Waals surface area contributed by atoms with Crippen molar-refractivity contribution in [2.24, 2.45) is 0 Å². The average molecular weight is 305 g/mol. The first-order chi connectivity index (χ1) is 10.4. The van der Waals surface area contributed by atoms with E-state index in [0.29, 0.717) is 24.2 Å². The van der Waals surface area contributed by atoms with Gasteiger partial charge in [0, 0.05) is 18.7 Å². The highest BCUT2D eigenvalue weighted by Crippen LogP contribution is 2.32. The van der Waals surface area contributed by atoms with E-state index in [0.717, 1.165) is 17.7 Å². The molecule has 2 aromatic rings. The summed E-state index contributed by atoms with van der Waals surface area (Å²) < 4.78 is 38.4. The van der Waals surface area contributed by atoms with E-state index in [9.17, 15) is 18.0 Å². The fourth-order valence-corrected chi connectivity index (χ4v) is 2.71. The van der Waals surface area contributed by atoms with Gasteiger partial charge in [0.25, 0.3) is 0 Å². The summed E-state index contributed by atoms with van der Waals surface area (Å²) in [5.41, 5.74) is 1.17. The van der Waals surface area contributed by atoms with E-state index in [1.165, 1.54) is 6.07 Å². The Morgan fingerprint density at radius 2 is 1.73 bits per heavy atom. The zero-order valence-electron chi connectivity index (χ0n) is 11.7. The van der Waals surface area contributed by atoms with Crippen molar-refractivity contribution in [2.45, 2.75) is 19.3 Å². The molecule has 5 heteroatoms. The van der Waals surface area contributed by atoms with Crippen LogP contribution in [-0.2, 0) is 19.3 Å². The van der Waals surface area contributed by atoms with Gasteiger partial charge in [-0.3, -0.25) is 9.69 Å². The molecular weight excluding hydrogens is 291 g/mol. The number of hydrogen-bond acceptors (Lipinski definition) is 2. The van der Waals surface area contributed by atoms with Crippen LogP contribution in [0, 0.1) is 0 Å². The number of alkyl halides is 3. The maximum absolute atomic E-state index is 12.8. The van der Waals surface area contributed by atoms with E-state index in [1.54, 1.807) is 0 Å². The Hall–Kier alpha value is -2.14. The molecule has 0 saturated carbocycles. The highest BCUT2D eigenvalue weighted by molar-refractivity contribution is 5.99. The number of nitrogens with zero attached hydrogens (tertiary/aromatic N) is 1. The first kappa shape index (κ1) is 14.8. The molecule has 114 valence electrons. The van der Waals surface area contributed by atoms with E-state index >= 15 is 0 Å². The highest BCUT2D eigenvalue weighted by atomic mass is 19.4. The first-order valence-electron chi connectivity index (χ1n) is 6.93. The van der Waals surface area contributed by atoms with Gasteiger partial charge in [0.15, 0.2) is 5.78 Å². The Morgan fingerprint density at radius 1 is 1.00 bits per heavy atom. The van der Waals surface area contributed by atoms with Crippen LogP contribution in [0.25, 0.3) is 0 Å². The fraction of sp³-hybridized carbons (Fsp3) is 0.235. The first-order valence-corrected chi connectivity index (χ1v) is 6.93. The van der Waals surface area contributed by atoms with Gasteiger partial charge in [-0.1, -0.05) is 36.4 Å². The quantitative estimate of drug-likeness (QED) is 0.838. The van der Waals surface area contributed by atoms with Crippen LogP contribution in [0.5, 0.6) is 0 Å². The van der Waals surface area contributed by atoms with Gasteiger partial charge in [-0.05, 0) is 23.3 Å². The molecule has 0 amide bonds. The van der Waals surface area contributed by atoms with Crippen molar-refractivity contribution in [1.82, 2.24) is 4.90 Å². The van der Waals surface area contributed by atoms with Gasteiger partial charge in [0.1, 0.15) is 0 Å². The van der Waals surface area contributed by atoms with Crippen LogP contribution < -0.4 is 0 Å². The number of hydrogen-bond donors (Lipinski definition) is 0. The lowest BCUT2D eigenvalue weighted by atomic mass is 9.96. The third kappa shape index (κ3) is 3.04. The normalized spacial score (nSPS) is 15.7. The largest absolute Gasteiger partial charge is 0.416 e. The summed E-state index contributed by atoms with van der Waals surface area (Å²) in [5.74, 6) is -0.133. The van der Waals surface area contributed by atoms with Crippen LogP contribution in [0.2, 0.25) is 0 Å². The molecule has 22 heavy (non-hydrogen) atoms. The molecule has 0 radical (unpaired) electrons. The molecule has 2 aromatic carbocycles. The minimum atomic E-state index is -4.39. The molecule has 1 aliphatic heterocycles. The summed E-state index contributed by atoms with van der Waals surface area (Å²) in [5, 5.41) is 0. The molecule has 0 atom stereocenters. The van der Waals surface area contributed by atoms with Crippen molar-refractivity contribution in [2.75, 3.05) is 6.54 Å². The molecule has 0 saturated heterocycles. The SMILES string of the molecule is O=C1CN(Cc2ccccc2)Cc2cc(C(F)(F)F)ccc21. The molecular formula is C17H14F3NO. The predicted octanol–water partition coefficient (Wildman–Crippen LogP) is 3.90. The Bertz CT molecular complexity index is 695. The Kier molecular flexibility index (Phi) is 3.74. The average Bonchev–Trinajstić information content (AvgIpc) is 2.47. The molecule has 1 aliphatic rings. The second-order valence-corrected chi connectivity index (χ2v) is 5.42. The van der Waals surface area contributed by atoms with Gasteiger partial charge in [-0.25, -0.2) is 0 Å². The molecule has 2 nitrogen and oxygen atoms in total. The molecule has 0 N–H and O–H groups in total. The lowest BCUT2D eigenvalue weighted by Gasteiger charge is -2.28. The number of fused-ring (bicyclic) bond motifs is 1. The Balaban J connectivity index is 1.86. The minimum Gasteiger partial charge on any atom is -0.293 e. The number of Topliss-reactive ketones (excluding diaryl/α,β-unsaturated/α-hetero) is 1. The van der Waals surface area contributed by atoms with Gasteiger partial charge in [-0.2, -0.15) is 13.2 Å². The predicted molar refractivity (Wildman–Crippen MR) is 76.3 cm³/mol. The number of benzene rings is 2. The second-order valence-electron chi connectivity index (χ2n) is 5.42. The minimum absolute atomic E-state index is 0.133. The smallest absolute Gasteiger partial charge is 0.293 e. The number of halogens is 3. The van der Waals surface area contributed by atoms with E-state index in [4.69, 9.17) is 0 Å². The maximum Gasteiger partial charge on any atom is 0.416 e. The fourth-order valence-electron chi connectivity index (χ4n) is 2.71. The topological polar surface area (TPSA) is 20.3 Å².